The van der Waals surface area contributed by atoms with E-state index in [1.165, 1.54) is 37.7 Å². The highest BCUT2D eigenvalue weighted by Crippen LogP contribution is 2.36. The van der Waals surface area contributed by atoms with Crippen molar-refractivity contribution in [1.82, 2.24) is 5.32 Å². The summed E-state index contributed by atoms with van der Waals surface area (Å²) in [6.07, 6.45) is 7.75. The summed E-state index contributed by atoms with van der Waals surface area (Å²) in [4.78, 5) is 0. The number of benzene rings is 1. The van der Waals surface area contributed by atoms with E-state index in [-0.39, 0.29) is 0 Å². The second-order valence-electron chi connectivity index (χ2n) is 5.95. The first kappa shape index (κ1) is 15.4. The highest BCUT2D eigenvalue weighted by atomic mass is 16.5. The van der Waals surface area contributed by atoms with Gasteiger partial charge in [0.15, 0.2) is 0 Å². The van der Waals surface area contributed by atoms with Gasteiger partial charge in [-0.15, -0.1) is 0 Å². The van der Waals surface area contributed by atoms with Gasteiger partial charge in [-0.25, -0.2) is 0 Å². The van der Waals surface area contributed by atoms with E-state index in [0.29, 0.717) is 6.04 Å². The van der Waals surface area contributed by atoms with Crippen LogP contribution in [0.2, 0.25) is 0 Å². The molecule has 0 heterocycles. The molecule has 1 saturated carbocycles. The van der Waals surface area contributed by atoms with Crippen molar-refractivity contribution < 1.29 is 4.74 Å². The third-order valence-electron chi connectivity index (χ3n) is 3.93. The van der Waals surface area contributed by atoms with E-state index < -0.39 is 0 Å². The fraction of sp³-hybridized carbons (Fsp3) is 0.667. The molecule has 112 valence electrons. The molecule has 1 aromatic carbocycles. The van der Waals surface area contributed by atoms with Gasteiger partial charge in [0.25, 0.3) is 0 Å². The zero-order valence-corrected chi connectivity index (χ0v) is 13.0. The Labute approximate surface area is 123 Å². The summed E-state index contributed by atoms with van der Waals surface area (Å²) in [5.74, 6) is 2.01. The van der Waals surface area contributed by atoms with Crippen LogP contribution in [-0.2, 0) is 0 Å². The number of hydrogen-bond donors (Lipinski definition) is 1. The van der Waals surface area contributed by atoms with Crippen molar-refractivity contribution in [2.24, 2.45) is 5.92 Å². The third kappa shape index (κ3) is 5.16. The minimum absolute atomic E-state index is 0.487. The van der Waals surface area contributed by atoms with Crippen LogP contribution in [0.25, 0.3) is 0 Å². The molecule has 0 bridgehead atoms. The van der Waals surface area contributed by atoms with Gasteiger partial charge in [0.1, 0.15) is 5.75 Å². The number of hydrogen-bond acceptors (Lipinski definition) is 2. The molecule has 0 saturated heterocycles. The molecule has 1 atom stereocenters. The van der Waals surface area contributed by atoms with Gasteiger partial charge in [-0.2, -0.15) is 0 Å². The quantitative estimate of drug-likeness (QED) is 0.668. The molecule has 1 fully saturated rings. The van der Waals surface area contributed by atoms with Crippen molar-refractivity contribution in [3.8, 4) is 5.75 Å². The van der Waals surface area contributed by atoms with Crippen molar-refractivity contribution in [1.29, 1.82) is 0 Å². The molecule has 2 nitrogen and oxygen atoms in total. The Morgan fingerprint density at radius 3 is 2.80 bits per heavy atom. The molecule has 20 heavy (non-hydrogen) atoms. The number of rotatable bonds is 10. The van der Waals surface area contributed by atoms with Gasteiger partial charge in [0.2, 0.25) is 0 Å². The van der Waals surface area contributed by atoms with Gasteiger partial charge < -0.3 is 10.1 Å². The van der Waals surface area contributed by atoms with Crippen molar-refractivity contribution in [2.75, 3.05) is 13.2 Å². The standard InChI is InChI=1S/C18H29NO/c1-3-12-19-18(11-10-15-8-9-15)16-6-5-7-17(14-16)20-13-4-2/h5-7,14-15,18-19H,3-4,8-13H2,1-2H3. The smallest absolute Gasteiger partial charge is 0.119 e. The van der Waals surface area contributed by atoms with Gasteiger partial charge in [0.05, 0.1) is 6.61 Å². The fourth-order valence-corrected chi connectivity index (χ4v) is 2.56. The van der Waals surface area contributed by atoms with Crippen LogP contribution in [0.1, 0.15) is 64.0 Å². The molecule has 0 spiro atoms. The molecule has 0 radical (unpaired) electrons. The highest BCUT2D eigenvalue weighted by Gasteiger charge is 2.23. The lowest BCUT2D eigenvalue weighted by atomic mass is 10.00. The van der Waals surface area contributed by atoms with Crippen molar-refractivity contribution in [3.63, 3.8) is 0 Å². The Morgan fingerprint density at radius 2 is 2.10 bits per heavy atom. The lowest BCUT2D eigenvalue weighted by molar-refractivity contribution is 0.316. The monoisotopic (exact) mass is 275 g/mol. The zero-order chi connectivity index (χ0) is 14.2. The van der Waals surface area contributed by atoms with Crippen molar-refractivity contribution >= 4 is 0 Å². The topological polar surface area (TPSA) is 21.3 Å². The Morgan fingerprint density at radius 1 is 1.25 bits per heavy atom. The molecule has 1 aliphatic carbocycles. The van der Waals surface area contributed by atoms with E-state index in [2.05, 4.69) is 43.4 Å². The number of nitrogens with one attached hydrogen (secondary N) is 1. The van der Waals surface area contributed by atoms with E-state index in [1.54, 1.807) is 0 Å². The predicted octanol–water partition coefficient (Wildman–Crippen LogP) is 4.71. The molecule has 2 rings (SSSR count). The summed E-state index contributed by atoms with van der Waals surface area (Å²) < 4.78 is 5.76. The van der Waals surface area contributed by atoms with Crippen LogP contribution in [0.4, 0.5) is 0 Å². The van der Waals surface area contributed by atoms with Crippen LogP contribution in [0.3, 0.4) is 0 Å². The third-order valence-corrected chi connectivity index (χ3v) is 3.93. The van der Waals surface area contributed by atoms with Crippen LogP contribution >= 0.6 is 0 Å². The summed E-state index contributed by atoms with van der Waals surface area (Å²) >= 11 is 0. The summed E-state index contributed by atoms with van der Waals surface area (Å²) in [7, 11) is 0. The fourth-order valence-electron chi connectivity index (χ4n) is 2.56. The zero-order valence-electron chi connectivity index (χ0n) is 13.0. The maximum atomic E-state index is 5.76. The van der Waals surface area contributed by atoms with Gasteiger partial charge in [-0.05, 0) is 55.8 Å². The molecule has 0 aliphatic heterocycles. The number of ether oxygens (including phenoxy) is 1. The average molecular weight is 275 g/mol. The van der Waals surface area contributed by atoms with Gasteiger partial charge in [-0.3, -0.25) is 0 Å². The summed E-state index contributed by atoms with van der Waals surface area (Å²) in [6.45, 7) is 6.27. The van der Waals surface area contributed by atoms with E-state index in [4.69, 9.17) is 4.74 Å². The van der Waals surface area contributed by atoms with Crippen LogP contribution in [-0.4, -0.2) is 13.2 Å². The maximum absolute atomic E-state index is 5.76. The minimum Gasteiger partial charge on any atom is -0.494 e. The second-order valence-corrected chi connectivity index (χ2v) is 5.95. The van der Waals surface area contributed by atoms with E-state index in [1.807, 2.05) is 0 Å². The highest BCUT2D eigenvalue weighted by molar-refractivity contribution is 5.30. The lowest BCUT2D eigenvalue weighted by Crippen LogP contribution is -2.22. The second kappa shape index (κ2) is 8.31. The molecule has 0 amide bonds. The molecule has 1 N–H and O–H groups in total. The molecule has 2 heteroatoms. The molecule has 1 unspecified atom stereocenters. The molecule has 1 aromatic rings. The van der Waals surface area contributed by atoms with Crippen LogP contribution in [0.15, 0.2) is 24.3 Å². The summed E-state index contributed by atoms with van der Waals surface area (Å²) in [6, 6.07) is 9.13. The van der Waals surface area contributed by atoms with Crippen LogP contribution in [0.5, 0.6) is 5.75 Å². The van der Waals surface area contributed by atoms with Gasteiger partial charge in [-0.1, -0.05) is 38.8 Å². The minimum atomic E-state index is 0.487. The van der Waals surface area contributed by atoms with Crippen molar-refractivity contribution in [2.45, 2.75) is 58.4 Å². The Bertz CT molecular complexity index is 387. The Kier molecular flexibility index (Phi) is 6.38. The lowest BCUT2D eigenvalue weighted by Gasteiger charge is -2.20. The maximum Gasteiger partial charge on any atom is 0.119 e. The molecule has 0 aromatic heterocycles. The van der Waals surface area contributed by atoms with Crippen LogP contribution < -0.4 is 10.1 Å². The van der Waals surface area contributed by atoms with E-state index in [9.17, 15) is 0 Å². The van der Waals surface area contributed by atoms with Crippen LogP contribution in [0, 0.1) is 5.92 Å². The first-order valence-electron chi connectivity index (χ1n) is 8.29. The summed E-state index contributed by atoms with van der Waals surface area (Å²) in [5.41, 5.74) is 1.38. The van der Waals surface area contributed by atoms with Gasteiger partial charge >= 0.3 is 0 Å². The average Bonchev–Trinajstić information content (AvgIpc) is 3.30. The summed E-state index contributed by atoms with van der Waals surface area (Å²) in [5, 5.41) is 3.70. The first-order chi connectivity index (χ1) is 9.83. The molecule has 1 aliphatic rings. The Hall–Kier alpha value is -1.02. The van der Waals surface area contributed by atoms with E-state index >= 15 is 0 Å². The molecular formula is C18H29NO. The van der Waals surface area contributed by atoms with E-state index in [0.717, 1.165) is 31.2 Å². The Balaban J connectivity index is 1.97. The molecular weight excluding hydrogens is 246 g/mol. The van der Waals surface area contributed by atoms with Gasteiger partial charge in [0, 0.05) is 6.04 Å². The van der Waals surface area contributed by atoms with Crippen molar-refractivity contribution in [3.05, 3.63) is 29.8 Å². The predicted molar refractivity (Wildman–Crippen MR) is 85.2 cm³/mol. The SMILES string of the molecule is CCCNC(CCC1CC1)c1cccc(OCCC)c1. The normalized spacial score (nSPS) is 16.1. The first-order valence-corrected chi connectivity index (χ1v) is 8.29. The largest absolute Gasteiger partial charge is 0.494 e.